The smallest absolute Gasteiger partial charge is 0.316 e. The van der Waals surface area contributed by atoms with E-state index in [1.807, 2.05) is 0 Å². The van der Waals surface area contributed by atoms with E-state index in [1.165, 1.54) is 18.2 Å². The monoisotopic (exact) mass is 238 g/mol. The molecule has 0 amide bonds. The fraction of sp³-hybridized carbons (Fsp3) is 0.385. The molecule has 1 rings (SSSR count). The van der Waals surface area contributed by atoms with Gasteiger partial charge < -0.3 is 4.74 Å². The van der Waals surface area contributed by atoms with Crippen molar-refractivity contribution in [1.29, 1.82) is 0 Å². The van der Waals surface area contributed by atoms with Crippen molar-refractivity contribution in [3.05, 3.63) is 35.6 Å². The van der Waals surface area contributed by atoms with Crippen LogP contribution in [0.1, 0.15) is 30.6 Å². The van der Waals surface area contributed by atoms with Gasteiger partial charge in [0.05, 0.1) is 12.2 Å². The Labute approximate surface area is 99.6 Å². The molecule has 1 atom stereocenters. The van der Waals surface area contributed by atoms with Gasteiger partial charge in [-0.05, 0) is 25.5 Å². The summed E-state index contributed by atoms with van der Waals surface area (Å²) in [5.41, 5.74) is -0.0626. The minimum atomic E-state index is -0.924. The maximum absolute atomic E-state index is 13.4. The quantitative estimate of drug-likeness (QED) is 0.450. The second-order valence-corrected chi connectivity index (χ2v) is 3.56. The largest absolute Gasteiger partial charge is 0.465 e. The number of rotatable bonds is 5. The molecular formula is C13H15FO3. The average molecular weight is 238 g/mol. The highest BCUT2D eigenvalue weighted by Gasteiger charge is 2.28. The van der Waals surface area contributed by atoms with Crippen molar-refractivity contribution in [3.8, 4) is 0 Å². The minimum Gasteiger partial charge on any atom is -0.465 e. The topological polar surface area (TPSA) is 43.4 Å². The van der Waals surface area contributed by atoms with Crippen LogP contribution in [-0.2, 0) is 9.53 Å². The predicted molar refractivity (Wildman–Crippen MR) is 61.1 cm³/mol. The van der Waals surface area contributed by atoms with E-state index in [2.05, 4.69) is 0 Å². The summed E-state index contributed by atoms with van der Waals surface area (Å²) in [6.45, 7) is 3.57. The lowest BCUT2D eigenvalue weighted by molar-refractivity contribution is -0.146. The first-order valence-corrected chi connectivity index (χ1v) is 5.57. The Kier molecular flexibility index (Phi) is 4.82. The number of ketones is 1. The van der Waals surface area contributed by atoms with Crippen LogP contribution in [0.15, 0.2) is 24.3 Å². The number of halogens is 1. The highest BCUT2D eigenvalue weighted by atomic mass is 19.1. The molecule has 1 unspecified atom stereocenters. The third kappa shape index (κ3) is 3.12. The Balaban J connectivity index is 2.94. The number of hydrogen-bond acceptors (Lipinski definition) is 3. The van der Waals surface area contributed by atoms with E-state index in [-0.39, 0.29) is 12.2 Å². The predicted octanol–water partition coefficient (Wildman–Crippen LogP) is 2.60. The molecule has 0 radical (unpaired) electrons. The van der Waals surface area contributed by atoms with Gasteiger partial charge >= 0.3 is 5.97 Å². The molecule has 0 aliphatic carbocycles. The molecule has 0 heterocycles. The summed E-state index contributed by atoms with van der Waals surface area (Å²) in [6, 6.07) is 5.64. The van der Waals surface area contributed by atoms with Crippen molar-refractivity contribution in [2.45, 2.75) is 20.3 Å². The standard InChI is InChI=1S/C13H15FO3/c1-3-9(13(16)17-4-2)12(15)10-7-5-6-8-11(10)14/h5-9H,3-4H2,1-2H3. The van der Waals surface area contributed by atoms with Crippen LogP contribution in [0.3, 0.4) is 0 Å². The maximum Gasteiger partial charge on any atom is 0.316 e. The summed E-state index contributed by atoms with van der Waals surface area (Å²) >= 11 is 0. The van der Waals surface area contributed by atoms with Gasteiger partial charge in [-0.25, -0.2) is 4.39 Å². The van der Waals surface area contributed by atoms with E-state index < -0.39 is 23.5 Å². The van der Waals surface area contributed by atoms with Crippen LogP contribution in [0.2, 0.25) is 0 Å². The van der Waals surface area contributed by atoms with Gasteiger partial charge in [-0.2, -0.15) is 0 Å². The summed E-state index contributed by atoms with van der Waals surface area (Å²) in [7, 11) is 0. The minimum absolute atomic E-state index is 0.0626. The van der Waals surface area contributed by atoms with Gasteiger partial charge in [-0.15, -0.1) is 0 Å². The molecule has 3 nitrogen and oxygen atoms in total. The van der Waals surface area contributed by atoms with Gasteiger partial charge in [-0.1, -0.05) is 19.1 Å². The van der Waals surface area contributed by atoms with Crippen LogP contribution < -0.4 is 0 Å². The van der Waals surface area contributed by atoms with Crippen LogP contribution >= 0.6 is 0 Å². The van der Waals surface area contributed by atoms with Crippen molar-refractivity contribution in [3.63, 3.8) is 0 Å². The molecule has 0 aliphatic heterocycles. The van der Waals surface area contributed by atoms with E-state index in [0.29, 0.717) is 6.42 Å². The molecule has 0 N–H and O–H groups in total. The van der Waals surface area contributed by atoms with E-state index >= 15 is 0 Å². The molecule has 17 heavy (non-hydrogen) atoms. The lowest BCUT2D eigenvalue weighted by atomic mass is 9.95. The first-order chi connectivity index (χ1) is 8.11. The fourth-order valence-corrected chi connectivity index (χ4v) is 1.55. The van der Waals surface area contributed by atoms with E-state index in [9.17, 15) is 14.0 Å². The van der Waals surface area contributed by atoms with E-state index in [4.69, 9.17) is 4.74 Å². The second-order valence-electron chi connectivity index (χ2n) is 3.56. The number of carbonyl (C=O) groups excluding carboxylic acids is 2. The Hall–Kier alpha value is -1.71. The summed E-state index contributed by atoms with van der Waals surface area (Å²) in [6.07, 6.45) is 0.298. The molecule has 92 valence electrons. The zero-order valence-electron chi connectivity index (χ0n) is 9.90. The van der Waals surface area contributed by atoms with Crippen LogP contribution in [0.5, 0.6) is 0 Å². The van der Waals surface area contributed by atoms with E-state index in [0.717, 1.165) is 0 Å². The summed E-state index contributed by atoms with van der Waals surface area (Å²) < 4.78 is 18.2. The molecule has 1 aromatic carbocycles. The molecule has 1 aromatic rings. The Morgan fingerprint density at radius 1 is 1.29 bits per heavy atom. The van der Waals surface area contributed by atoms with Crippen LogP contribution in [0.25, 0.3) is 0 Å². The third-order valence-corrected chi connectivity index (χ3v) is 2.44. The Morgan fingerprint density at radius 3 is 2.47 bits per heavy atom. The Morgan fingerprint density at radius 2 is 1.94 bits per heavy atom. The number of Topliss-reactive ketones (excluding diaryl/α,β-unsaturated/α-hetero) is 1. The van der Waals surface area contributed by atoms with Gasteiger partial charge in [0.1, 0.15) is 11.7 Å². The molecule has 0 spiro atoms. The number of carbonyl (C=O) groups is 2. The zero-order chi connectivity index (χ0) is 12.8. The van der Waals surface area contributed by atoms with Crippen molar-refractivity contribution in [1.82, 2.24) is 0 Å². The van der Waals surface area contributed by atoms with Gasteiger partial charge in [0, 0.05) is 0 Å². The fourth-order valence-electron chi connectivity index (χ4n) is 1.55. The first-order valence-electron chi connectivity index (χ1n) is 5.57. The maximum atomic E-state index is 13.4. The van der Waals surface area contributed by atoms with Gasteiger partial charge in [0.25, 0.3) is 0 Å². The number of hydrogen-bond donors (Lipinski definition) is 0. The highest BCUT2D eigenvalue weighted by molar-refractivity contribution is 6.08. The summed E-state index contributed by atoms with van der Waals surface area (Å²) in [4.78, 5) is 23.5. The van der Waals surface area contributed by atoms with Crippen LogP contribution in [-0.4, -0.2) is 18.4 Å². The summed E-state index contributed by atoms with van der Waals surface area (Å²) in [5.74, 6) is -2.65. The lowest BCUT2D eigenvalue weighted by Gasteiger charge is -2.12. The van der Waals surface area contributed by atoms with Crippen molar-refractivity contribution < 1.29 is 18.7 Å². The number of esters is 1. The van der Waals surface area contributed by atoms with Crippen molar-refractivity contribution >= 4 is 11.8 Å². The van der Waals surface area contributed by atoms with Gasteiger partial charge in [0.2, 0.25) is 0 Å². The molecule has 0 fully saturated rings. The first kappa shape index (κ1) is 13.4. The average Bonchev–Trinajstić information content (AvgIpc) is 2.30. The highest BCUT2D eigenvalue weighted by Crippen LogP contribution is 2.16. The molecule has 0 aliphatic rings. The Bertz CT molecular complexity index is 415. The van der Waals surface area contributed by atoms with Crippen LogP contribution in [0, 0.1) is 11.7 Å². The lowest BCUT2D eigenvalue weighted by Crippen LogP contribution is -2.26. The molecule has 4 heteroatoms. The number of benzene rings is 1. The molecule has 0 saturated heterocycles. The van der Waals surface area contributed by atoms with Crippen molar-refractivity contribution in [2.75, 3.05) is 6.61 Å². The SMILES string of the molecule is CCOC(=O)C(CC)C(=O)c1ccccc1F. The van der Waals surface area contributed by atoms with Gasteiger partial charge in [0.15, 0.2) is 5.78 Å². The molecule has 0 saturated carbocycles. The van der Waals surface area contributed by atoms with E-state index in [1.54, 1.807) is 19.9 Å². The normalized spacial score (nSPS) is 11.9. The van der Waals surface area contributed by atoms with Crippen LogP contribution in [0.4, 0.5) is 4.39 Å². The van der Waals surface area contributed by atoms with Crippen molar-refractivity contribution in [2.24, 2.45) is 5.92 Å². The molecule has 0 aromatic heterocycles. The van der Waals surface area contributed by atoms with Gasteiger partial charge in [-0.3, -0.25) is 9.59 Å². The second kappa shape index (κ2) is 6.13. The zero-order valence-corrected chi connectivity index (χ0v) is 9.90. The summed E-state index contributed by atoms with van der Waals surface area (Å²) in [5, 5.41) is 0. The third-order valence-electron chi connectivity index (χ3n) is 2.44. The number of ether oxygens (including phenoxy) is 1. The molecular weight excluding hydrogens is 223 g/mol. The molecule has 0 bridgehead atoms.